The summed E-state index contributed by atoms with van der Waals surface area (Å²) in [6.07, 6.45) is 0.740. The van der Waals surface area contributed by atoms with Crippen molar-refractivity contribution in [3.05, 3.63) is 52.5 Å². The first-order chi connectivity index (χ1) is 10.6. The third kappa shape index (κ3) is 3.08. The molecule has 1 aromatic carbocycles. The predicted octanol–water partition coefficient (Wildman–Crippen LogP) is 2.17. The maximum Gasteiger partial charge on any atom is 0.107 e. The van der Waals surface area contributed by atoms with Gasteiger partial charge in [0, 0.05) is 25.0 Å². The molecule has 0 saturated carbocycles. The molecule has 0 amide bonds. The minimum atomic E-state index is -0.788. The monoisotopic (exact) mass is 317 g/mol. The van der Waals surface area contributed by atoms with Gasteiger partial charge in [-0.1, -0.05) is 30.3 Å². The van der Waals surface area contributed by atoms with Crippen LogP contribution in [0.15, 0.2) is 41.2 Å². The first kappa shape index (κ1) is 15.6. The second-order valence-electron chi connectivity index (χ2n) is 6.23. The van der Waals surface area contributed by atoms with E-state index in [9.17, 15) is 5.11 Å². The van der Waals surface area contributed by atoms with E-state index < -0.39 is 5.60 Å². The Morgan fingerprint density at radius 2 is 2.14 bits per heavy atom. The second-order valence-corrected chi connectivity index (χ2v) is 6.95. The van der Waals surface area contributed by atoms with Gasteiger partial charge in [-0.15, -0.1) is 11.3 Å². The highest BCUT2D eigenvalue weighted by atomic mass is 32.1. The van der Waals surface area contributed by atoms with Gasteiger partial charge < -0.3 is 10.0 Å². The zero-order valence-corrected chi connectivity index (χ0v) is 14.0. The number of nitrogens with zero attached hydrogens (tertiary/aromatic N) is 3. The largest absolute Gasteiger partial charge is 0.383 e. The van der Waals surface area contributed by atoms with E-state index in [2.05, 4.69) is 20.2 Å². The number of piperidine rings is 1. The van der Waals surface area contributed by atoms with Gasteiger partial charge in [0.05, 0.1) is 17.2 Å². The summed E-state index contributed by atoms with van der Waals surface area (Å²) in [4.78, 5) is 8.90. The molecule has 3 rings (SSSR count). The smallest absolute Gasteiger partial charge is 0.107 e. The summed E-state index contributed by atoms with van der Waals surface area (Å²) in [5, 5.41) is 13.4. The van der Waals surface area contributed by atoms with Crippen LogP contribution >= 0.6 is 11.3 Å². The van der Waals surface area contributed by atoms with E-state index in [4.69, 9.17) is 0 Å². The van der Waals surface area contributed by atoms with Crippen molar-refractivity contribution < 1.29 is 5.11 Å². The van der Waals surface area contributed by atoms with Gasteiger partial charge in [-0.2, -0.15) is 0 Å². The van der Waals surface area contributed by atoms with Crippen LogP contribution in [-0.2, 0) is 12.1 Å². The molecule has 1 aliphatic rings. The third-order valence-electron chi connectivity index (χ3n) is 4.56. The summed E-state index contributed by atoms with van der Waals surface area (Å²) < 4.78 is 0. The number of benzene rings is 1. The van der Waals surface area contributed by atoms with Crippen molar-refractivity contribution in [3.8, 4) is 0 Å². The molecule has 1 aliphatic heterocycles. The number of likely N-dealkylation sites (N-methyl/N-ethyl adjacent to an activating group) is 1. The molecular weight excluding hydrogens is 294 g/mol. The van der Waals surface area contributed by atoms with Crippen LogP contribution in [-0.4, -0.2) is 53.1 Å². The molecular formula is C17H23N3OS. The lowest BCUT2D eigenvalue weighted by molar-refractivity contribution is -0.0894. The van der Waals surface area contributed by atoms with Crippen molar-refractivity contribution >= 4 is 11.3 Å². The van der Waals surface area contributed by atoms with Gasteiger partial charge in [0.15, 0.2) is 0 Å². The molecule has 2 atom stereocenters. The van der Waals surface area contributed by atoms with E-state index in [-0.39, 0.29) is 6.04 Å². The summed E-state index contributed by atoms with van der Waals surface area (Å²) in [5.74, 6) is 0. The van der Waals surface area contributed by atoms with Crippen LogP contribution in [0.25, 0.3) is 0 Å². The fourth-order valence-electron chi connectivity index (χ4n) is 3.32. The predicted molar refractivity (Wildman–Crippen MR) is 89.8 cm³/mol. The topological polar surface area (TPSA) is 39.6 Å². The molecule has 0 radical (unpaired) electrons. The summed E-state index contributed by atoms with van der Waals surface area (Å²) in [6.45, 7) is 2.59. The molecule has 1 fully saturated rings. The molecule has 1 N–H and O–H groups in total. The summed E-state index contributed by atoms with van der Waals surface area (Å²) in [7, 11) is 4.09. The Morgan fingerprint density at radius 1 is 1.36 bits per heavy atom. The molecule has 2 heterocycles. The summed E-state index contributed by atoms with van der Waals surface area (Å²) in [6, 6.07) is 10.1. The molecule has 118 valence electrons. The van der Waals surface area contributed by atoms with Gasteiger partial charge in [-0.05, 0) is 26.1 Å². The Labute approximate surface area is 136 Å². The van der Waals surface area contributed by atoms with E-state index in [1.165, 1.54) is 0 Å². The number of likely N-dealkylation sites (tertiary alicyclic amines) is 1. The van der Waals surface area contributed by atoms with Gasteiger partial charge in [-0.25, -0.2) is 4.98 Å². The van der Waals surface area contributed by atoms with Gasteiger partial charge in [0.2, 0.25) is 0 Å². The summed E-state index contributed by atoms with van der Waals surface area (Å²) >= 11 is 1.63. The van der Waals surface area contributed by atoms with E-state index in [0.29, 0.717) is 0 Å². The number of rotatable bonds is 4. The van der Waals surface area contributed by atoms with Crippen molar-refractivity contribution in [2.24, 2.45) is 0 Å². The number of hydrogen-bond acceptors (Lipinski definition) is 5. The van der Waals surface area contributed by atoms with Crippen LogP contribution < -0.4 is 0 Å². The standard InChI is InChI=1S/C17H23N3OS/c1-19(2)16-11-20(10-15-12-22-13-18-15)9-8-17(16,21)14-6-4-3-5-7-14/h3-7,12-13,16,21H,8-11H2,1-2H3/t16-,17+/m1/s1. The minimum Gasteiger partial charge on any atom is -0.383 e. The van der Waals surface area contributed by atoms with Crippen molar-refractivity contribution in [2.45, 2.75) is 24.6 Å². The maximum absolute atomic E-state index is 11.3. The van der Waals surface area contributed by atoms with E-state index in [0.717, 1.165) is 37.3 Å². The zero-order valence-electron chi connectivity index (χ0n) is 13.1. The highest BCUT2D eigenvalue weighted by Crippen LogP contribution is 2.35. The quantitative estimate of drug-likeness (QED) is 0.938. The zero-order chi connectivity index (χ0) is 15.6. The number of aliphatic hydroxyl groups is 1. The molecule has 0 aliphatic carbocycles. The maximum atomic E-state index is 11.3. The first-order valence-electron chi connectivity index (χ1n) is 7.63. The normalized spacial score (nSPS) is 26.5. The highest BCUT2D eigenvalue weighted by Gasteiger charge is 2.43. The van der Waals surface area contributed by atoms with Gasteiger partial charge in [0.25, 0.3) is 0 Å². The Balaban J connectivity index is 1.79. The molecule has 1 aromatic heterocycles. The van der Waals surface area contributed by atoms with Crippen molar-refractivity contribution in [3.63, 3.8) is 0 Å². The van der Waals surface area contributed by atoms with Crippen LogP contribution in [0, 0.1) is 0 Å². The molecule has 0 bridgehead atoms. The SMILES string of the molecule is CN(C)[C@@H]1CN(Cc2cscn2)CC[C@]1(O)c1ccccc1. The van der Waals surface area contributed by atoms with Crippen molar-refractivity contribution in [1.29, 1.82) is 0 Å². The second kappa shape index (κ2) is 6.46. The lowest BCUT2D eigenvalue weighted by Crippen LogP contribution is -2.58. The van der Waals surface area contributed by atoms with Gasteiger partial charge in [-0.3, -0.25) is 4.90 Å². The first-order valence-corrected chi connectivity index (χ1v) is 8.57. The molecule has 5 heteroatoms. The Bertz CT molecular complexity index is 587. The Hall–Kier alpha value is -1.27. The third-order valence-corrected chi connectivity index (χ3v) is 5.19. The van der Waals surface area contributed by atoms with E-state index in [1.807, 2.05) is 49.9 Å². The average Bonchev–Trinajstić information content (AvgIpc) is 3.03. The van der Waals surface area contributed by atoms with Crippen LogP contribution in [0.1, 0.15) is 17.7 Å². The number of hydrogen-bond donors (Lipinski definition) is 1. The van der Waals surface area contributed by atoms with Crippen molar-refractivity contribution in [2.75, 3.05) is 27.2 Å². The molecule has 1 saturated heterocycles. The Morgan fingerprint density at radius 3 is 2.77 bits per heavy atom. The average molecular weight is 317 g/mol. The minimum absolute atomic E-state index is 0.0716. The highest BCUT2D eigenvalue weighted by molar-refractivity contribution is 7.07. The molecule has 2 aromatic rings. The lowest BCUT2D eigenvalue weighted by atomic mass is 9.80. The fourth-order valence-corrected chi connectivity index (χ4v) is 3.87. The van der Waals surface area contributed by atoms with Crippen LogP contribution in [0.2, 0.25) is 0 Å². The van der Waals surface area contributed by atoms with E-state index >= 15 is 0 Å². The van der Waals surface area contributed by atoms with Crippen LogP contribution in [0.3, 0.4) is 0 Å². The van der Waals surface area contributed by atoms with Crippen LogP contribution in [0.4, 0.5) is 0 Å². The van der Waals surface area contributed by atoms with Crippen molar-refractivity contribution in [1.82, 2.24) is 14.8 Å². The lowest BCUT2D eigenvalue weighted by Gasteiger charge is -2.47. The Kier molecular flexibility index (Phi) is 4.59. The van der Waals surface area contributed by atoms with Crippen LogP contribution in [0.5, 0.6) is 0 Å². The summed E-state index contributed by atoms with van der Waals surface area (Å²) in [5.41, 5.74) is 3.22. The van der Waals surface area contributed by atoms with E-state index in [1.54, 1.807) is 11.3 Å². The number of aromatic nitrogens is 1. The molecule has 22 heavy (non-hydrogen) atoms. The molecule has 0 unspecified atom stereocenters. The number of thiazole rings is 1. The molecule has 0 spiro atoms. The van der Waals surface area contributed by atoms with Gasteiger partial charge >= 0.3 is 0 Å². The van der Waals surface area contributed by atoms with Gasteiger partial charge in [0.1, 0.15) is 5.60 Å². The fraction of sp³-hybridized carbons (Fsp3) is 0.471. The molecule has 4 nitrogen and oxygen atoms in total.